The van der Waals surface area contributed by atoms with Crippen molar-refractivity contribution >= 4 is 17.4 Å². The largest absolute Gasteiger partial charge is 0.383 e. The Hall–Kier alpha value is -2.62. The van der Waals surface area contributed by atoms with Crippen LogP contribution in [0.5, 0.6) is 0 Å². The monoisotopic (exact) mass is 294 g/mol. The van der Waals surface area contributed by atoms with Crippen molar-refractivity contribution in [2.45, 2.75) is 19.3 Å². The number of nitrogens with one attached hydrogen (secondary N) is 1. The molecule has 0 spiro atoms. The molecule has 1 atom stereocenters. The average molecular weight is 294 g/mol. The summed E-state index contributed by atoms with van der Waals surface area (Å²) in [5.41, 5.74) is 8.24. The van der Waals surface area contributed by atoms with Crippen LogP contribution in [0.1, 0.15) is 27.0 Å². The van der Waals surface area contributed by atoms with Gasteiger partial charge in [-0.1, -0.05) is 41.5 Å². The van der Waals surface area contributed by atoms with Crippen molar-refractivity contribution in [1.82, 2.24) is 0 Å². The van der Waals surface area contributed by atoms with E-state index in [2.05, 4.69) is 5.32 Å². The molecule has 3 N–H and O–H groups in total. The van der Waals surface area contributed by atoms with Crippen molar-refractivity contribution in [2.75, 3.05) is 11.9 Å². The molecule has 4 heteroatoms. The number of carbonyl (C=O) groups excluding carboxylic acids is 2. The number of primary amides is 1. The van der Waals surface area contributed by atoms with E-state index in [1.165, 1.54) is 0 Å². The van der Waals surface area contributed by atoms with Gasteiger partial charge in [0.05, 0.1) is 0 Å². The minimum Gasteiger partial charge on any atom is -0.383 e. The lowest BCUT2D eigenvalue weighted by molar-refractivity contribution is -0.121. The predicted molar refractivity (Wildman–Crippen MR) is 86.1 cm³/mol. The van der Waals surface area contributed by atoms with Gasteiger partial charge in [0.15, 0.2) is 11.2 Å². The number of ketones is 1. The molecule has 1 unspecified atom stereocenters. The number of hydrogen-bond donors (Lipinski definition) is 2. The molecule has 1 aliphatic heterocycles. The normalized spacial score (nSPS) is 20.2. The predicted octanol–water partition coefficient (Wildman–Crippen LogP) is 2.33. The molecule has 0 fully saturated rings. The molecule has 0 radical (unpaired) electrons. The fraction of sp³-hybridized carbons (Fsp3) is 0.222. The number of amides is 1. The van der Waals surface area contributed by atoms with Crippen LogP contribution in [0.25, 0.3) is 0 Å². The van der Waals surface area contributed by atoms with Gasteiger partial charge in [0.25, 0.3) is 0 Å². The van der Waals surface area contributed by atoms with Crippen molar-refractivity contribution in [2.24, 2.45) is 5.73 Å². The van der Waals surface area contributed by atoms with Crippen molar-refractivity contribution in [3.05, 3.63) is 64.7 Å². The van der Waals surface area contributed by atoms with Gasteiger partial charge in [0.2, 0.25) is 5.91 Å². The molecule has 0 saturated carbocycles. The Morgan fingerprint density at radius 2 is 1.77 bits per heavy atom. The zero-order chi connectivity index (χ0) is 15.9. The summed E-state index contributed by atoms with van der Waals surface area (Å²) in [6, 6.07) is 12.9. The SMILES string of the molecule is Cc1cc(C)cc(C2(C(N)=O)CNc3ccccc3C2=O)c1. The van der Waals surface area contributed by atoms with Gasteiger partial charge in [-0.2, -0.15) is 0 Å². The van der Waals surface area contributed by atoms with Gasteiger partial charge in [0, 0.05) is 17.8 Å². The number of para-hydroxylation sites is 1. The highest BCUT2D eigenvalue weighted by Gasteiger charge is 2.49. The Bertz CT molecular complexity index is 762. The number of carbonyl (C=O) groups is 2. The summed E-state index contributed by atoms with van der Waals surface area (Å²) in [6.07, 6.45) is 0. The van der Waals surface area contributed by atoms with Gasteiger partial charge < -0.3 is 11.1 Å². The number of Topliss-reactive ketones (excluding diaryl/α,β-unsaturated/α-hetero) is 1. The van der Waals surface area contributed by atoms with Crippen molar-refractivity contribution < 1.29 is 9.59 Å². The summed E-state index contributed by atoms with van der Waals surface area (Å²) in [5, 5.41) is 3.18. The van der Waals surface area contributed by atoms with Gasteiger partial charge in [0.1, 0.15) is 0 Å². The lowest BCUT2D eigenvalue weighted by Gasteiger charge is -2.35. The third-order valence-corrected chi connectivity index (χ3v) is 4.24. The molecule has 1 aliphatic rings. The highest BCUT2D eigenvalue weighted by molar-refractivity contribution is 6.22. The van der Waals surface area contributed by atoms with Gasteiger partial charge >= 0.3 is 0 Å². The molecule has 112 valence electrons. The third-order valence-electron chi connectivity index (χ3n) is 4.24. The van der Waals surface area contributed by atoms with E-state index in [1.54, 1.807) is 12.1 Å². The molecule has 4 nitrogen and oxygen atoms in total. The Kier molecular flexibility index (Phi) is 3.24. The molecule has 0 saturated heterocycles. The van der Waals surface area contributed by atoms with Crippen LogP contribution in [-0.4, -0.2) is 18.2 Å². The van der Waals surface area contributed by atoms with Gasteiger partial charge in [-0.25, -0.2) is 0 Å². The molecule has 3 rings (SSSR count). The Morgan fingerprint density at radius 1 is 1.14 bits per heavy atom. The van der Waals surface area contributed by atoms with Crippen molar-refractivity contribution in [3.63, 3.8) is 0 Å². The lowest BCUT2D eigenvalue weighted by atomic mass is 9.71. The van der Waals surface area contributed by atoms with E-state index in [0.717, 1.165) is 16.8 Å². The molecule has 0 aliphatic carbocycles. The molecule has 2 aromatic carbocycles. The first-order valence-corrected chi connectivity index (χ1v) is 7.21. The Morgan fingerprint density at radius 3 is 2.41 bits per heavy atom. The maximum absolute atomic E-state index is 13.1. The van der Waals surface area contributed by atoms with Crippen LogP contribution >= 0.6 is 0 Å². The smallest absolute Gasteiger partial charge is 0.237 e. The fourth-order valence-electron chi connectivity index (χ4n) is 3.17. The van der Waals surface area contributed by atoms with E-state index < -0.39 is 11.3 Å². The van der Waals surface area contributed by atoms with Crippen LogP contribution in [0.3, 0.4) is 0 Å². The minimum absolute atomic E-state index is 0.182. The maximum Gasteiger partial charge on any atom is 0.237 e. The number of hydrogen-bond acceptors (Lipinski definition) is 3. The third kappa shape index (κ3) is 1.99. The van der Waals surface area contributed by atoms with E-state index in [9.17, 15) is 9.59 Å². The van der Waals surface area contributed by atoms with E-state index in [1.807, 2.05) is 44.2 Å². The number of aryl methyl sites for hydroxylation is 2. The summed E-state index contributed by atoms with van der Waals surface area (Å²) in [5.74, 6) is -0.858. The average Bonchev–Trinajstić information content (AvgIpc) is 2.47. The van der Waals surface area contributed by atoms with Gasteiger partial charge in [-0.3, -0.25) is 9.59 Å². The van der Waals surface area contributed by atoms with Gasteiger partial charge in [-0.15, -0.1) is 0 Å². The molecule has 0 aromatic heterocycles. The fourth-order valence-corrected chi connectivity index (χ4v) is 3.17. The van der Waals surface area contributed by atoms with E-state index in [0.29, 0.717) is 11.1 Å². The molecule has 1 amide bonds. The molecule has 1 heterocycles. The lowest BCUT2D eigenvalue weighted by Crippen LogP contribution is -2.55. The quantitative estimate of drug-likeness (QED) is 0.835. The van der Waals surface area contributed by atoms with Crippen LogP contribution < -0.4 is 11.1 Å². The first kappa shape index (κ1) is 14.3. The summed E-state index contributed by atoms with van der Waals surface area (Å²) in [7, 11) is 0. The van der Waals surface area contributed by atoms with E-state index in [-0.39, 0.29) is 12.3 Å². The van der Waals surface area contributed by atoms with Crippen LogP contribution in [-0.2, 0) is 10.2 Å². The minimum atomic E-state index is -1.36. The first-order valence-electron chi connectivity index (χ1n) is 7.21. The summed E-state index contributed by atoms with van der Waals surface area (Å²) in [6.45, 7) is 4.07. The summed E-state index contributed by atoms with van der Waals surface area (Å²) < 4.78 is 0. The van der Waals surface area contributed by atoms with Crippen molar-refractivity contribution in [1.29, 1.82) is 0 Å². The molecular weight excluding hydrogens is 276 g/mol. The molecule has 2 aromatic rings. The second-order valence-electron chi connectivity index (χ2n) is 5.87. The first-order chi connectivity index (χ1) is 10.4. The zero-order valence-corrected chi connectivity index (χ0v) is 12.6. The second kappa shape index (κ2) is 4.98. The molecule has 0 bridgehead atoms. The number of nitrogens with two attached hydrogens (primary N) is 1. The Balaban J connectivity index is 2.23. The second-order valence-corrected chi connectivity index (χ2v) is 5.87. The van der Waals surface area contributed by atoms with Gasteiger partial charge in [-0.05, 0) is 31.5 Å². The number of rotatable bonds is 2. The maximum atomic E-state index is 13.1. The number of anilines is 1. The number of benzene rings is 2. The summed E-state index contributed by atoms with van der Waals surface area (Å²) >= 11 is 0. The Labute approximate surface area is 129 Å². The highest BCUT2D eigenvalue weighted by Crippen LogP contribution is 2.36. The zero-order valence-electron chi connectivity index (χ0n) is 12.6. The molecular formula is C18H18N2O2. The topological polar surface area (TPSA) is 72.2 Å². The van der Waals surface area contributed by atoms with Crippen LogP contribution in [0.2, 0.25) is 0 Å². The van der Waals surface area contributed by atoms with E-state index >= 15 is 0 Å². The standard InChI is InChI=1S/C18H18N2O2/c1-11-7-12(2)9-13(8-11)18(17(19)22)10-20-15-6-4-3-5-14(15)16(18)21/h3-9,20H,10H2,1-2H3,(H2,19,22). The van der Waals surface area contributed by atoms with Crippen molar-refractivity contribution in [3.8, 4) is 0 Å². The van der Waals surface area contributed by atoms with Crippen LogP contribution in [0.4, 0.5) is 5.69 Å². The van der Waals surface area contributed by atoms with Crippen LogP contribution in [0, 0.1) is 13.8 Å². The molecule has 22 heavy (non-hydrogen) atoms. The summed E-state index contributed by atoms with van der Waals surface area (Å²) in [4.78, 5) is 25.3. The highest BCUT2D eigenvalue weighted by atomic mass is 16.2. The van der Waals surface area contributed by atoms with Crippen LogP contribution in [0.15, 0.2) is 42.5 Å². The van der Waals surface area contributed by atoms with E-state index in [4.69, 9.17) is 5.73 Å². The number of fused-ring (bicyclic) bond motifs is 1.